The van der Waals surface area contributed by atoms with Crippen molar-refractivity contribution in [1.82, 2.24) is 4.98 Å². The number of methoxy groups -OCH3 is 1. The lowest BCUT2D eigenvalue weighted by Crippen LogP contribution is -1.96. The molecule has 0 aliphatic rings. The average Bonchev–Trinajstić information content (AvgIpc) is 2.56. The number of phenolic OH excluding ortho intramolecular Hbond substituents is 1. The first-order valence-corrected chi connectivity index (χ1v) is 7.20. The van der Waals surface area contributed by atoms with Crippen molar-refractivity contribution in [2.45, 2.75) is 6.92 Å². The number of benzene rings is 2. The maximum Gasteiger partial charge on any atom is 0.147 e. The second-order valence-electron chi connectivity index (χ2n) is 5.14. The molecule has 5 heteroatoms. The maximum absolute atomic E-state index is 9.70. The molecule has 5 nitrogen and oxygen atoms in total. The zero-order chi connectivity index (χ0) is 16.2. The van der Waals surface area contributed by atoms with Crippen LogP contribution in [0.15, 0.2) is 53.6 Å². The minimum atomic E-state index is 0.186. The third-order valence-corrected chi connectivity index (χ3v) is 3.54. The van der Waals surface area contributed by atoms with Crippen LogP contribution < -0.4 is 10.2 Å². The van der Waals surface area contributed by atoms with Crippen molar-refractivity contribution in [2.24, 2.45) is 5.10 Å². The number of nitrogens with one attached hydrogen (secondary N) is 1. The maximum atomic E-state index is 9.70. The van der Waals surface area contributed by atoms with Gasteiger partial charge in [-0.25, -0.2) is 4.98 Å². The number of phenols is 1. The Labute approximate surface area is 134 Å². The lowest BCUT2D eigenvalue weighted by Gasteiger charge is -2.07. The predicted molar refractivity (Wildman–Crippen MR) is 92.4 cm³/mol. The predicted octanol–water partition coefficient (Wildman–Crippen LogP) is 3.70. The van der Waals surface area contributed by atoms with Crippen LogP contribution in [0.5, 0.6) is 11.5 Å². The summed E-state index contributed by atoms with van der Waals surface area (Å²) < 4.78 is 5.24. The molecule has 0 fully saturated rings. The van der Waals surface area contributed by atoms with Gasteiger partial charge in [0.15, 0.2) is 0 Å². The summed E-state index contributed by atoms with van der Waals surface area (Å²) in [6.07, 6.45) is 1.56. The highest BCUT2D eigenvalue weighted by Gasteiger charge is 2.04. The van der Waals surface area contributed by atoms with Crippen molar-refractivity contribution < 1.29 is 9.84 Å². The molecule has 0 unspecified atom stereocenters. The van der Waals surface area contributed by atoms with E-state index in [1.807, 2.05) is 37.3 Å². The number of aryl methyl sites for hydroxylation is 1. The molecule has 0 radical (unpaired) electrons. The Morgan fingerprint density at radius 2 is 2.00 bits per heavy atom. The van der Waals surface area contributed by atoms with E-state index >= 15 is 0 Å². The van der Waals surface area contributed by atoms with E-state index in [0.717, 1.165) is 22.2 Å². The topological polar surface area (TPSA) is 66.7 Å². The zero-order valence-corrected chi connectivity index (χ0v) is 12.9. The Bertz CT molecular complexity index is 875. The van der Waals surface area contributed by atoms with Crippen molar-refractivity contribution >= 4 is 22.9 Å². The van der Waals surface area contributed by atoms with Gasteiger partial charge in [-0.05, 0) is 42.8 Å². The Kier molecular flexibility index (Phi) is 4.10. The fourth-order valence-corrected chi connectivity index (χ4v) is 2.33. The highest BCUT2D eigenvalue weighted by molar-refractivity contribution is 5.86. The Balaban J connectivity index is 1.87. The number of anilines is 1. The van der Waals surface area contributed by atoms with Crippen LogP contribution in [-0.2, 0) is 0 Å². The van der Waals surface area contributed by atoms with Crippen molar-refractivity contribution in [3.8, 4) is 11.5 Å². The second-order valence-corrected chi connectivity index (χ2v) is 5.14. The van der Waals surface area contributed by atoms with Gasteiger partial charge in [0.2, 0.25) is 0 Å². The zero-order valence-electron chi connectivity index (χ0n) is 12.9. The summed E-state index contributed by atoms with van der Waals surface area (Å²) in [4.78, 5) is 4.53. The molecular weight excluding hydrogens is 290 g/mol. The Hall–Kier alpha value is -3.08. The normalized spacial score (nSPS) is 11.0. The molecule has 3 rings (SSSR count). The highest BCUT2D eigenvalue weighted by atomic mass is 16.5. The number of para-hydroxylation sites is 1. The molecule has 0 saturated carbocycles. The van der Waals surface area contributed by atoms with Crippen molar-refractivity contribution in [3.63, 3.8) is 0 Å². The van der Waals surface area contributed by atoms with Gasteiger partial charge in [-0.15, -0.1) is 0 Å². The molecule has 0 atom stereocenters. The monoisotopic (exact) mass is 307 g/mol. The van der Waals surface area contributed by atoms with Gasteiger partial charge in [0, 0.05) is 17.0 Å². The summed E-state index contributed by atoms with van der Waals surface area (Å²) in [5, 5.41) is 14.9. The number of ether oxygens (including phenoxy) is 1. The van der Waals surface area contributed by atoms with Gasteiger partial charge in [-0.2, -0.15) is 5.10 Å². The lowest BCUT2D eigenvalue weighted by molar-refractivity contribution is 0.415. The van der Waals surface area contributed by atoms with Crippen LogP contribution in [0.1, 0.15) is 11.1 Å². The minimum absolute atomic E-state index is 0.186. The summed E-state index contributed by atoms with van der Waals surface area (Å²) in [6.45, 7) is 2.02. The van der Waals surface area contributed by atoms with Gasteiger partial charge < -0.3 is 9.84 Å². The van der Waals surface area contributed by atoms with Crippen molar-refractivity contribution in [2.75, 3.05) is 12.5 Å². The summed E-state index contributed by atoms with van der Waals surface area (Å²) >= 11 is 0. The molecule has 1 heterocycles. The highest BCUT2D eigenvalue weighted by Crippen LogP contribution is 2.24. The largest absolute Gasteiger partial charge is 0.507 e. The number of hydrazone groups is 1. The van der Waals surface area contributed by atoms with Crippen LogP contribution in [0, 0.1) is 6.92 Å². The molecule has 23 heavy (non-hydrogen) atoms. The lowest BCUT2D eigenvalue weighted by atomic mass is 10.1. The van der Waals surface area contributed by atoms with E-state index in [1.165, 1.54) is 0 Å². The molecule has 0 spiro atoms. The van der Waals surface area contributed by atoms with E-state index in [1.54, 1.807) is 31.5 Å². The summed E-state index contributed by atoms with van der Waals surface area (Å²) in [7, 11) is 1.63. The molecule has 2 N–H and O–H groups in total. The number of rotatable bonds is 4. The third-order valence-electron chi connectivity index (χ3n) is 3.54. The van der Waals surface area contributed by atoms with Crippen molar-refractivity contribution in [1.29, 1.82) is 0 Å². The van der Waals surface area contributed by atoms with Gasteiger partial charge >= 0.3 is 0 Å². The fraction of sp³-hybridized carbons (Fsp3) is 0.111. The number of hydrogen-bond acceptors (Lipinski definition) is 5. The average molecular weight is 307 g/mol. The standard InChI is InChI=1S/C18H17N3O2/c1-12-9-18(20-16-10-14(23-2)7-8-15(12)16)21-19-11-13-5-3-4-6-17(13)22/h3-11,22H,1-2H3,(H,20,21)/b19-11-. The molecule has 0 amide bonds. The molecule has 0 aliphatic heterocycles. The van der Waals surface area contributed by atoms with Crippen LogP contribution in [0.3, 0.4) is 0 Å². The Morgan fingerprint density at radius 1 is 1.17 bits per heavy atom. The van der Waals surface area contributed by atoms with Gasteiger partial charge in [-0.3, -0.25) is 5.43 Å². The molecule has 1 aromatic heterocycles. The van der Waals surface area contributed by atoms with E-state index < -0.39 is 0 Å². The summed E-state index contributed by atoms with van der Waals surface area (Å²) in [5.74, 6) is 1.58. The fourth-order valence-electron chi connectivity index (χ4n) is 2.33. The van der Waals surface area contributed by atoms with E-state index in [-0.39, 0.29) is 5.75 Å². The number of pyridine rings is 1. The van der Waals surface area contributed by atoms with Crippen molar-refractivity contribution in [3.05, 3.63) is 59.7 Å². The van der Waals surface area contributed by atoms with Gasteiger partial charge in [0.1, 0.15) is 17.3 Å². The molecule has 3 aromatic rings. The van der Waals surface area contributed by atoms with Crippen LogP contribution in [0.2, 0.25) is 0 Å². The van der Waals surface area contributed by atoms with Crippen LogP contribution in [0.25, 0.3) is 10.9 Å². The van der Waals surface area contributed by atoms with E-state index in [0.29, 0.717) is 11.4 Å². The van der Waals surface area contributed by atoms with Gasteiger partial charge in [0.05, 0.1) is 18.8 Å². The number of fused-ring (bicyclic) bond motifs is 1. The molecule has 116 valence electrons. The number of hydrogen-bond donors (Lipinski definition) is 2. The van der Waals surface area contributed by atoms with E-state index in [9.17, 15) is 5.11 Å². The summed E-state index contributed by atoms with van der Waals surface area (Å²) in [6, 6.07) is 14.7. The quantitative estimate of drug-likeness (QED) is 0.569. The minimum Gasteiger partial charge on any atom is -0.507 e. The second kappa shape index (κ2) is 6.36. The first kappa shape index (κ1) is 14.8. The van der Waals surface area contributed by atoms with Crippen LogP contribution in [-0.4, -0.2) is 23.4 Å². The molecule has 0 saturated heterocycles. The Morgan fingerprint density at radius 3 is 2.78 bits per heavy atom. The van der Waals surface area contributed by atoms with Crippen LogP contribution >= 0.6 is 0 Å². The molecular formula is C18H17N3O2. The van der Waals surface area contributed by atoms with Crippen LogP contribution in [0.4, 0.5) is 5.82 Å². The first-order chi connectivity index (χ1) is 11.2. The summed E-state index contributed by atoms with van der Waals surface area (Å²) in [5.41, 5.74) is 5.47. The molecule has 0 bridgehead atoms. The van der Waals surface area contributed by atoms with E-state index in [4.69, 9.17) is 4.74 Å². The number of nitrogens with zero attached hydrogens (tertiary/aromatic N) is 2. The van der Waals surface area contributed by atoms with Gasteiger partial charge in [0.25, 0.3) is 0 Å². The van der Waals surface area contributed by atoms with Gasteiger partial charge in [-0.1, -0.05) is 12.1 Å². The number of aromatic hydroxyl groups is 1. The smallest absolute Gasteiger partial charge is 0.147 e. The number of aromatic nitrogens is 1. The SMILES string of the molecule is COc1ccc2c(C)cc(N/N=C\c3ccccc3O)nc2c1. The third kappa shape index (κ3) is 3.23. The van der Waals surface area contributed by atoms with E-state index in [2.05, 4.69) is 15.5 Å². The molecule has 0 aliphatic carbocycles. The molecule has 2 aromatic carbocycles. The first-order valence-electron chi connectivity index (χ1n) is 7.20.